The summed E-state index contributed by atoms with van der Waals surface area (Å²) in [4.78, 5) is 12.6. The maximum Gasteiger partial charge on any atom is 0.255 e. The summed E-state index contributed by atoms with van der Waals surface area (Å²) in [7, 11) is 4.74. The Morgan fingerprint density at radius 3 is 2.25 bits per heavy atom. The molecule has 1 N–H and O–H groups in total. The Bertz CT molecular complexity index is 700. The summed E-state index contributed by atoms with van der Waals surface area (Å²) in [6.07, 6.45) is 0.746. The second-order valence-corrected chi connectivity index (χ2v) is 5.25. The van der Waals surface area contributed by atoms with Crippen LogP contribution in [0.4, 0.5) is 0 Å². The SMILES string of the molecule is CC[C@@H](NC(=O)c1ccccc1OC)c1ccc(OC)c(OC)c1. The Balaban J connectivity index is 2.24. The highest BCUT2D eigenvalue weighted by atomic mass is 16.5. The van der Waals surface area contributed by atoms with Crippen LogP contribution in [0.2, 0.25) is 0 Å². The fourth-order valence-corrected chi connectivity index (χ4v) is 2.56. The van der Waals surface area contributed by atoms with Crippen LogP contribution in [-0.2, 0) is 0 Å². The maximum absolute atomic E-state index is 12.6. The number of hydrogen-bond acceptors (Lipinski definition) is 4. The van der Waals surface area contributed by atoms with Crippen molar-refractivity contribution in [1.82, 2.24) is 5.32 Å². The zero-order valence-corrected chi connectivity index (χ0v) is 14.5. The number of ether oxygens (including phenoxy) is 3. The van der Waals surface area contributed by atoms with Crippen molar-refractivity contribution < 1.29 is 19.0 Å². The summed E-state index contributed by atoms with van der Waals surface area (Å²) in [5, 5.41) is 3.05. The molecule has 0 heterocycles. The second kappa shape index (κ2) is 8.24. The lowest BCUT2D eigenvalue weighted by Gasteiger charge is -2.20. The fourth-order valence-electron chi connectivity index (χ4n) is 2.56. The number of carbonyl (C=O) groups is 1. The molecule has 0 unspecified atom stereocenters. The minimum atomic E-state index is -0.172. The summed E-state index contributed by atoms with van der Waals surface area (Å²) in [6, 6.07) is 12.7. The quantitative estimate of drug-likeness (QED) is 0.843. The van der Waals surface area contributed by atoms with Crippen molar-refractivity contribution in [2.75, 3.05) is 21.3 Å². The number of methoxy groups -OCH3 is 3. The molecule has 128 valence electrons. The zero-order valence-electron chi connectivity index (χ0n) is 14.5. The van der Waals surface area contributed by atoms with Crippen molar-refractivity contribution in [2.24, 2.45) is 0 Å². The summed E-state index contributed by atoms with van der Waals surface area (Å²) in [6.45, 7) is 2.02. The number of nitrogens with one attached hydrogen (secondary N) is 1. The molecule has 2 aromatic carbocycles. The van der Waals surface area contributed by atoms with Crippen LogP contribution in [0.25, 0.3) is 0 Å². The topological polar surface area (TPSA) is 56.8 Å². The van der Waals surface area contributed by atoms with Gasteiger partial charge in [-0.25, -0.2) is 0 Å². The largest absolute Gasteiger partial charge is 0.496 e. The lowest BCUT2D eigenvalue weighted by molar-refractivity contribution is 0.0932. The molecular weight excluding hydrogens is 306 g/mol. The van der Waals surface area contributed by atoms with E-state index in [1.165, 1.54) is 0 Å². The molecular formula is C19H23NO4. The van der Waals surface area contributed by atoms with Crippen molar-refractivity contribution in [2.45, 2.75) is 19.4 Å². The normalized spacial score (nSPS) is 11.5. The van der Waals surface area contributed by atoms with Gasteiger partial charge in [0.25, 0.3) is 5.91 Å². The molecule has 0 aromatic heterocycles. The molecule has 1 atom stereocenters. The molecule has 5 heteroatoms. The van der Waals surface area contributed by atoms with E-state index < -0.39 is 0 Å². The minimum Gasteiger partial charge on any atom is -0.496 e. The van der Waals surface area contributed by atoms with Crippen LogP contribution in [0.1, 0.15) is 35.3 Å². The molecule has 0 spiro atoms. The van der Waals surface area contributed by atoms with E-state index in [9.17, 15) is 4.79 Å². The molecule has 0 bridgehead atoms. The Hall–Kier alpha value is -2.69. The minimum absolute atomic E-state index is 0.137. The number of hydrogen-bond donors (Lipinski definition) is 1. The van der Waals surface area contributed by atoms with E-state index in [0.29, 0.717) is 22.8 Å². The first-order chi connectivity index (χ1) is 11.6. The van der Waals surface area contributed by atoms with Crippen molar-refractivity contribution in [3.63, 3.8) is 0 Å². The molecule has 0 radical (unpaired) electrons. The third-order valence-corrected chi connectivity index (χ3v) is 3.88. The van der Waals surface area contributed by atoms with E-state index in [4.69, 9.17) is 14.2 Å². The van der Waals surface area contributed by atoms with E-state index >= 15 is 0 Å². The summed E-state index contributed by atoms with van der Waals surface area (Å²) in [5.74, 6) is 1.68. The van der Waals surface area contributed by atoms with Crippen LogP contribution in [0.3, 0.4) is 0 Å². The van der Waals surface area contributed by atoms with Crippen LogP contribution in [0.15, 0.2) is 42.5 Å². The fraction of sp³-hybridized carbons (Fsp3) is 0.316. The van der Waals surface area contributed by atoms with Gasteiger partial charge in [-0.05, 0) is 36.2 Å². The Kier molecular flexibility index (Phi) is 6.07. The number of carbonyl (C=O) groups excluding carboxylic acids is 1. The van der Waals surface area contributed by atoms with Crippen LogP contribution in [0.5, 0.6) is 17.2 Å². The van der Waals surface area contributed by atoms with Gasteiger partial charge in [0, 0.05) is 0 Å². The van der Waals surface area contributed by atoms with Crippen LogP contribution in [0, 0.1) is 0 Å². The predicted molar refractivity (Wildman–Crippen MR) is 93.0 cm³/mol. The standard InChI is InChI=1S/C19H23NO4/c1-5-15(13-10-11-17(23-3)18(12-13)24-4)20-19(21)14-8-6-7-9-16(14)22-2/h6-12,15H,5H2,1-4H3,(H,20,21)/t15-/m1/s1. The molecule has 0 aliphatic rings. The number of para-hydroxylation sites is 1. The summed E-state index contributed by atoms with van der Waals surface area (Å²) in [5.41, 5.74) is 1.47. The molecule has 5 nitrogen and oxygen atoms in total. The van der Waals surface area contributed by atoms with Gasteiger partial charge in [0.1, 0.15) is 5.75 Å². The van der Waals surface area contributed by atoms with Gasteiger partial charge in [0.15, 0.2) is 11.5 Å². The third kappa shape index (κ3) is 3.79. The first-order valence-corrected chi connectivity index (χ1v) is 7.80. The van der Waals surface area contributed by atoms with Crippen molar-refractivity contribution in [1.29, 1.82) is 0 Å². The van der Waals surface area contributed by atoms with E-state index in [-0.39, 0.29) is 11.9 Å². The van der Waals surface area contributed by atoms with Gasteiger partial charge in [0.05, 0.1) is 32.9 Å². The molecule has 0 saturated heterocycles. The molecule has 2 aromatic rings. The number of benzene rings is 2. The molecule has 2 rings (SSSR count). The van der Waals surface area contributed by atoms with Crippen LogP contribution in [-0.4, -0.2) is 27.2 Å². The average molecular weight is 329 g/mol. The second-order valence-electron chi connectivity index (χ2n) is 5.25. The Morgan fingerprint density at radius 2 is 1.62 bits per heavy atom. The molecule has 0 saturated carbocycles. The van der Waals surface area contributed by atoms with Crippen molar-refractivity contribution >= 4 is 5.91 Å². The van der Waals surface area contributed by atoms with Gasteiger partial charge in [-0.1, -0.05) is 25.1 Å². The van der Waals surface area contributed by atoms with Gasteiger partial charge >= 0.3 is 0 Å². The van der Waals surface area contributed by atoms with E-state index in [1.807, 2.05) is 37.3 Å². The molecule has 0 fully saturated rings. The van der Waals surface area contributed by atoms with Gasteiger partial charge in [0.2, 0.25) is 0 Å². The average Bonchev–Trinajstić information content (AvgIpc) is 2.65. The van der Waals surface area contributed by atoms with Gasteiger partial charge < -0.3 is 19.5 Å². The van der Waals surface area contributed by atoms with Gasteiger partial charge in [-0.3, -0.25) is 4.79 Å². The molecule has 0 aliphatic heterocycles. The number of rotatable bonds is 7. The number of amides is 1. The van der Waals surface area contributed by atoms with Crippen molar-refractivity contribution in [3.8, 4) is 17.2 Å². The predicted octanol–water partition coefficient (Wildman–Crippen LogP) is 3.59. The first kappa shape index (κ1) is 17.7. The summed E-state index contributed by atoms with van der Waals surface area (Å²) < 4.78 is 15.9. The molecule has 0 aliphatic carbocycles. The highest BCUT2D eigenvalue weighted by Gasteiger charge is 2.18. The van der Waals surface area contributed by atoms with Crippen LogP contribution >= 0.6 is 0 Å². The third-order valence-electron chi connectivity index (χ3n) is 3.88. The Labute approximate surface area is 142 Å². The van der Waals surface area contributed by atoms with Gasteiger partial charge in [-0.2, -0.15) is 0 Å². The maximum atomic E-state index is 12.6. The first-order valence-electron chi connectivity index (χ1n) is 7.80. The lowest BCUT2D eigenvalue weighted by Crippen LogP contribution is -2.28. The van der Waals surface area contributed by atoms with Gasteiger partial charge in [-0.15, -0.1) is 0 Å². The Morgan fingerprint density at radius 1 is 0.958 bits per heavy atom. The zero-order chi connectivity index (χ0) is 17.5. The smallest absolute Gasteiger partial charge is 0.255 e. The van der Waals surface area contributed by atoms with Crippen molar-refractivity contribution in [3.05, 3.63) is 53.6 Å². The van der Waals surface area contributed by atoms with Crippen LogP contribution < -0.4 is 19.5 Å². The molecule has 24 heavy (non-hydrogen) atoms. The van der Waals surface area contributed by atoms with E-state index in [0.717, 1.165) is 12.0 Å². The highest BCUT2D eigenvalue weighted by molar-refractivity contribution is 5.97. The summed E-state index contributed by atoms with van der Waals surface area (Å²) >= 11 is 0. The monoisotopic (exact) mass is 329 g/mol. The van der Waals surface area contributed by atoms with E-state index in [1.54, 1.807) is 33.5 Å². The molecule has 1 amide bonds. The lowest BCUT2D eigenvalue weighted by atomic mass is 10.0. The highest BCUT2D eigenvalue weighted by Crippen LogP contribution is 2.31. The van der Waals surface area contributed by atoms with E-state index in [2.05, 4.69) is 5.32 Å².